The second-order valence-electron chi connectivity index (χ2n) is 6.69. The van der Waals surface area contributed by atoms with E-state index in [1.54, 1.807) is 18.2 Å². The van der Waals surface area contributed by atoms with E-state index < -0.39 is 0 Å². The minimum Gasteiger partial charge on any atom is -0.870 e. The van der Waals surface area contributed by atoms with Gasteiger partial charge in [0.1, 0.15) is 5.75 Å². The molecular formula is C18H24NNaO3. The molecule has 1 aromatic rings. The summed E-state index contributed by atoms with van der Waals surface area (Å²) >= 11 is 0. The number of carbonyl (C=O) groups is 1. The average Bonchev–Trinajstić information content (AvgIpc) is 2.48. The van der Waals surface area contributed by atoms with Crippen LogP contribution in [0.4, 0.5) is 0 Å². The van der Waals surface area contributed by atoms with E-state index in [2.05, 4.69) is 19.2 Å². The maximum Gasteiger partial charge on any atom is 1.00 e. The molecule has 23 heavy (non-hydrogen) atoms. The summed E-state index contributed by atoms with van der Waals surface area (Å²) in [5, 5.41) is 14.5. The molecule has 1 fully saturated rings. The van der Waals surface area contributed by atoms with Crippen LogP contribution in [0.2, 0.25) is 0 Å². The summed E-state index contributed by atoms with van der Waals surface area (Å²) in [6, 6.07) is 5.02. The van der Waals surface area contributed by atoms with Crippen molar-refractivity contribution in [3.05, 3.63) is 29.8 Å². The Bertz CT molecular complexity index is 559. The van der Waals surface area contributed by atoms with Gasteiger partial charge in [-0.3, -0.25) is 4.79 Å². The molecule has 120 valence electrons. The predicted octanol–water partition coefficient (Wildman–Crippen LogP) is -0.129. The molecule has 0 heterocycles. The first-order valence-electron chi connectivity index (χ1n) is 7.73. The summed E-state index contributed by atoms with van der Waals surface area (Å²) in [7, 11) is 1.46. The summed E-state index contributed by atoms with van der Waals surface area (Å²) < 4.78 is 4.99. The van der Waals surface area contributed by atoms with Crippen molar-refractivity contribution in [3.8, 4) is 11.5 Å². The van der Waals surface area contributed by atoms with Crippen molar-refractivity contribution in [3.63, 3.8) is 0 Å². The maximum absolute atomic E-state index is 12.0. The Kier molecular flexibility index (Phi) is 7.65. The number of ether oxygens (including phenoxy) is 1. The van der Waals surface area contributed by atoms with Crippen LogP contribution in [0.3, 0.4) is 0 Å². The fraction of sp³-hybridized carbons (Fsp3) is 0.500. The molecular weight excluding hydrogens is 301 g/mol. The van der Waals surface area contributed by atoms with Crippen molar-refractivity contribution in [1.29, 1.82) is 0 Å². The monoisotopic (exact) mass is 325 g/mol. The Morgan fingerprint density at radius 3 is 2.61 bits per heavy atom. The first-order chi connectivity index (χ1) is 10.4. The summed E-state index contributed by atoms with van der Waals surface area (Å²) in [5.74, 6) is 0.0425. The number of carbonyl (C=O) groups excluding carboxylic acids is 1. The van der Waals surface area contributed by atoms with Crippen molar-refractivity contribution in [2.75, 3.05) is 7.11 Å². The van der Waals surface area contributed by atoms with Crippen molar-refractivity contribution in [1.82, 2.24) is 5.32 Å². The van der Waals surface area contributed by atoms with Gasteiger partial charge in [-0.15, -0.1) is 0 Å². The molecule has 2 rings (SSSR count). The van der Waals surface area contributed by atoms with Crippen LogP contribution in [0.1, 0.15) is 45.1 Å². The van der Waals surface area contributed by atoms with Gasteiger partial charge in [0.25, 0.3) is 0 Å². The zero-order chi connectivity index (χ0) is 16.2. The quantitative estimate of drug-likeness (QED) is 0.620. The van der Waals surface area contributed by atoms with Crippen LogP contribution in [0, 0.1) is 5.41 Å². The number of hydrogen-bond acceptors (Lipinski definition) is 3. The summed E-state index contributed by atoms with van der Waals surface area (Å²) in [5.41, 5.74) is 1.17. The molecule has 0 saturated heterocycles. The summed E-state index contributed by atoms with van der Waals surface area (Å²) in [4.78, 5) is 12.0. The van der Waals surface area contributed by atoms with Crippen LogP contribution in [-0.4, -0.2) is 19.1 Å². The number of nitrogens with one attached hydrogen (secondary N) is 1. The maximum atomic E-state index is 12.0. The standard InChI is InChI=1S/C18H25NO3.Na/c1-18(2)10-8-14(9-11-18)19-17(21)7-5-13-4-6-15(20)16(12-13)22-3;/h4-7,12,14,20H,8-11H2,1-3H3,(H,19,21);/q;+1/p-1/b7-5+;. The molecule has 0 aliphatic heterocycles. The number of rotatable bonds is 4. The van der Waals surface area contributed by atoms with E-state index in [1.807, 2.05) is 0 Å². The topological polar surface area (TPSA) is 61.4 Å². The van der Waals surface area contributed by atoms with Gasteiger partial charge in [-0.25, -0.2) is 0 Å². The number of methoxy groups -OCH3 is 1. The van der Waals surface area contributed by atoms with Gasteiger partial charge >= 0.3 is 29.6 Å². The molecule has 1 aromatic carbocycles. The van der Waals surface area contributed by atoms with E-state index in [4.69, 9.17) is 4.74 Å². The van der Waals surface area contributed by atoms with Crippen molar-refractivity contribution >= 4 is 12.0 Å². The Labute approximate surface area is 160 Å². The van der Waals surface area contributed by atoms with E-state index in [1.165, 1.54) is 19.3 Å². The van der Waals surface area contributed by atoms with Crippen LogP contribution in [-0.2, 0) is 4.79 Å². The van der Waals surface area contributed by atoms with E-state index >= 15 is 0 Å². The van der Waals surface area contributed by atoms with Gasteiger partial charge in [-0.05, 0) is 48.8 Å². The predicted molar refractivity (Wildman–Crippen MR) is 85.7 cm³/mol. The van der Waals surface area contributed by atoms with Crippen molar-refractivity contribution < 1.29 is 44.2 Å². The van der Waals surface area contributed by atoms with Gasteiger partial charge in [-0.1, -0.05) is 31.7 Å². The molecule has 0 atom stereocenters. The molecule has 0 bridgehead atoms. The Morgan fingerprint density at radius 2 is 2.00 bits per heavy atom. The fourth-order valence-electron chi connectivity index (χ4n) is 2.75. The zero-order valence-electron chi connectivity index (χ0n) is 14.5. The largest absolute Gasteiger partial charge is 1.00 e. The third kappa shape index (κ3) is 6.21. The number of hydrogen-bond donors (Lipinski definition) is 1. The van der Waals surface area contributed by atoms with Crippen LogP contribution in [0.25, 0.3) is 6.08 Å². The van der Waals surface area contributed by atoms with Crippen LogP contribution >= 0.6 is 0 Å². The molecule has 0 unspecified atom stereocenters. The fourth-order valence-corrected chi connectivity index (χ4v) is 2.75. The van der Waals surface area contributed by atoms with E-state index in [9.17, 15) is 9.90 Å². The van der Waals surface area contributed by atoms with Crippen molar-refractivity contribution in [2.24, 2.45) is 5.41 Å². The molecule has 5 heteroatoms. The van der Waals surface area contributed by atoms with Crippen LogP contribution in [0.5, 0.6) is 11.5 Å². The molecule has 1 aliphatic rings. The first-order valence-corrected chi connectivity index (χ1v) is 7.73. The molecule has 4 nitrogen and oxygen atoms in total. The second kappa shape index (κ2) is 8.76. The van der Waals surface area contributed by atoms with Gasteiger partial charge in [0.05, 0.1) is 7.11 Å². The third-order valence-electron chi connectivity index (χ3n) is 4.30. The summed E-state index contributed by atoms with van der Waals surface area (Å²) in [6.45, 7) is 4.55. The SMILES string of the molecule is COc1cc(/C=C/C(=O)NC2CCC(C)(C)CC2)ccc1[O-].[Na+]. The third-order valence-corrected chi connectivity index (χ3v) is 4.30. The van der Waals surface area contributed by atoms with Gasteiger partial charge < -0.3 is 15.2 Å². The Hall–Kier alpha value is -0.970. The molecule has 0 aromatic heterocycles. The molecule has 1 aliphatic carbocycles. The van der Waals surface area contributed by atoms with Gasteiger partial charge in [0, 0.05) is 12.1 Å². The van der Waals surface area contributed by atoms with Crippen LogP contribution in [0.15, 0.2) is 24.3 Å². The number of amides is 1. The molecule has 1 N–H and O–H groups in total. The van der Waals surface area contributed by atoms with E-state index in [0.717, 1.165) is 31.2 Å². The van der Waals surface area contributed by atoms with Gasteiger partial charge in [-0.2, -0.15) is 0 Å². The van der Waals surface area contributed by atoms with Crippen LogP contribution < -0.4 is 44.7 Å². The smallest absolute Gasteiger partial charge is 0.870 e. The zero-order valence-corrected chi connectivity index (χ0v) is 16.5. The summed E-state index contributed by atoms with van der Waals surface area (Å²) in [6.07, 6.45) is 7.56. The second-order valence-corrected chi connectivity index (χ2v) is 6.69. The van der Waals surface area contributed by atoms with E-state index in [0.29, 0.717) is 5.41 Å². The van der Waals surface area contributed by atoms with Gasteiger partial charge in [0.15, 0.2) is 0 Å². The minimum atomic E-state index is -0.158. The normalized spacial score (nSPS) is 17.5. The molecule has 1 saturated carbocycles. The molecule has 0 spiro atoms. The average molecular weight is 325 g/mol. The minimum absolute atomic E-state index is 0. The molecule has 1 amide bonds. The van der Waals surface area contributed by atoms with E-state index in [-0.39, 0.29) is 53.0 Å². The Morgan fingerprint density at radius 1 is 1.35 bits per heavy atom. The van der Waals surface area contributed by atoms with Crippen molar-refractivity contribution in [2.45, 2.75) is 45.6 Å². The van der Waals surface area contributed by atoms with Gasteiger partial charge in [0.2, 0.25) is 5.91 Å². The Balaban J connectivity index is 0.00000264. The first kappa shape index (κ1) is 20.1. The molecule has 0 radical (unpaired) electrons. The number of benzene rings is 1.